The molecule has 0 aromatic heterocycles. The molecule has 5 heteroatoms. The summed E-state index contributed by atoms with van der Waals surface area (Å²) in [7, 11) is 0. The van der Waals surface area contributed by atoms with Crippen LogP contribution in [0.2, 0.25) is 0 Å². The maximum Gasteiger partial charge on any atom is 0.178 e. The highest BCUT2D eigenvalue weighted by Crippen LogP contribution is 2.16. The number of aliphatic imine (C=N–C) groups is 1. The van der Waals surface area contributed by atoms with Crippen LogP contribution >= 0.6 is 24.2 Å². The summed E-state index contributed by atoms with van der Waals surface area (Å²) in [6, 6.07) is 10.2. The van der Waals surface area contributed by atoms with Crippen molar-refractivity contribution >= 4 is 35.0 Å². The molecule has 0 saturated carbocycles. The van der Waals surface area contributed by atoms with Crippen LogP contribution < -0.4 is 5.43 Å². The molecule has 18 heavy (non-hydrogen) atoms. The Labute approximate surface area is 119 Å². The van der Waals surface area contributed by atoms with Gasteiger partial charge in [0.1, 0.15) is 0 Å². The minimum atomic E-state index is -0.0604. The molecule has 1 aromatic rings. The van der Waals surface area contributed by atoms with E-state index in [-0.39, 0.29) is 17.9 Å². The van der Waals surface area contributed by atoms with Gasteiger partial charge in [0.05, 0.1) is 11.3 Å². The van der Waals surface area contributed by atoms with Crippen molar-refractivity contribution in [2.24, 2.45) is 10.1 Å². The smallest absolute Gasteiger partial charge is 0.178 e. The van der Waals surface area contributed by atoms with Crippen molar-refractivity contribution in [1.82, 2.24) is 5.43 Å². The number of thioether (sulfide) groups is 1. The van der Waals surface area contributed by atoms with Gasteiger partial charge < -0.3 is 0 Å². The quantitative estimate of drug-likeness (QED) is 0.858. The molecule has 1 heterocycles. The number of amidine groups is 1. The first kappa shape index (κ1) is 15.1. The van der Waals surface area contributed by atoms with E-state index in [0.29, 0.717) is 0 Å². The normalized spacial score (nSPS) is 17.7. The van der Waals surface area contributed by atoms with Crippen LogP contribution in [0.3, 0.4) is 0 Å². The molecule has 2 rings (SSSR count). The first-order valence-electron chi connectivity index (χ1n) is 5.65. The van der Waals surface area contributed by atoms with E-state index in [1.165, 1.54) is 5.56 Å². The van der Waals surface area contributed by atoms with E-state index < -0.39 is 0 Å². The number of rotatable bonds is 1. The SMILES string of the molecule is CC(C)(C)N=C1NN=C(c2ccccc2)CS1.Cl. The summed E-state index contributed by atoms with van der Waals surface area (Å²) in [4.78, 5) is 4.56. The molecule has 1 aliphatic heterocycles. The van der Waals surface area contributed by atoms with Crippen LogP contribution in [0, 0.1) is 0 Å². The maximum absolute atomic E-state index is 4.56. The molecule has 1 aromatic carbocycles. The summed E-state index contributed by atoms with van der Waals surface area (Å²) in [6.45, 7) is 6.25. The van der Waals surface area contributed by atoms with Crippen molar-refractivity contribution in [3.05, 3.63) is 35.9 Å². The summed E-state index contributed by atoms with van der Waals surface area (Å²) in [5.41, 5.74) is 5.21. The Morgan fingerprint density at radius 2 is 1.89 bits per heavy atom. The Balaban J connectivity index is 0.00000162. The molecule has 0 amide bonds. The molecular formula is C13H18ClN3S. The topological polar surface area (TPSA) is 36.8 Å². The molecule has 0 fully saturated rings. The molecule has 3 nitrogen and oxygen atoms in total. The fourth-order valence-electron chi connectivity index (χ4n) is 1.46. The highest BCUT2D eigenvalue weighted by molar-refractivity contribution is 8.14. The Kier molecular flexibility index (Phi) is 5.23. The molecule has 98 valence electrons. The second-order valence-corrected chi connectivity index (χ2v) is 5.88. The number of nitrogens with zero attached hydrogens (tertiary/aromatic N) is 2. The maximum atomic E-state index is 4.56. The molecule has 1 N–H and O–H groups in total. The largest absolute Gasteiger partial charge is 0.256 e. The second kappa shape index (κ2) is 6.25. The molecule has 1 aliphatic rings. The van der Waals surface area contributed by atoms with Gasteiger partial charge in [0.2, 0.25) is 0 Å². The van der Waals surface area contributed by atoms with E-state index in [1.807, 2.05) is 18.2 Å². The third-order valence-electron chi connectivity index (χ3n) is 2.18. The Morgan fingerprint density at radius 1 is 1.22 bits per heavy atom. The van der Waals surface area contributed by atoms with E-state index in [9.17, 15) is 0 Å². The van der Waals surface area contributed by atoms with Gasteiger partial charge in [0, 0.05) is 5.75 Å². The van der Waals surface area contributed by atoms with Gasteiger partial charge in [-0.05, 0) is 26.3 Å². The molecular weight excluding hydrogens is 266 g/mol. The first-order chi connectivity index (χ1) is 8.04. The fraction of sp³-hybridized carbons (Fsp3) is 0.385. The van der Waals surface area contributed by atoms with Gasteiger partial charge in [0.15, 0.2) is 5.17 Å². The van der Waals surface area contributed by atoms with Crippen molar-refractivity contribution < 1.29 is 0 Å². The monoisotopic (exact) mass is 283 g/mol. The highest BCUT2D eigenvalue weighted by atomic mass is 35.5. The van der Waals surface area contributed by atoms with Gasteiger partial charge in [-0.2, -0.15) is 5.10 Å². The van der Waals surface area contributed by atoms with Gasteiger partial charge in [-0.25, -0.2) is 0 Å². The van der Waals surface area contributed by atoms with E-state index in [1.54, 1.807) is 11.8 Å². The number of nitrogens with one attached hydrogen (secondary N) is 1. The van der Waals surface area contributed by atoms with E-state index in [2.05, 4.69) is 48.4 Å². The fourth-order valence-corrected chi connectivity index (χ4v) is 2.41. The molecule has 0 atom stereocenters. The van der Waals surface area contributed by atoms with Gasteiger partial charge in [-0.15, -0.1) is 12.4 Å². The average Bonchev–Trinajstić information content (AvgIpc) is 2.29. The minimum Gasteiger partial charge on any atom is -0.256 e. The van der Waals surface area contributed by atoms with Gasteiger partial charge >= 0.3 is 0 Å². The van der Waals surface area contributed by atoms with E-state index in [0.717, 1.165) is 16.6 Å². The third kappa shape index (κ3) is 4.35. The summed E-state index contributed by atoms with van der Waals surface area (Å²) >= 11 is 1.70. The predicted molar refractivity (Wildman–Crippen MR) is 83.0 cm³/mol. The van der Waals surface area contributed by atoms with Crippen molar-refractivity contribution in [3.63, 3.8) is 0 Å². The highest BCUT2D eigenvalue weighted by Gasteiger charge is 2.15. The minimum absolute atomic E-state index is 0. The summed E-state index contributed by atoms with van der Waals surface area (Å²) in [6.07, 6.45) is 0. The summed E-state index contributed by atoms with van der Waals surface area (Å²) in [5, 5.41) is 5.28. The van der Waals surface area contributed by atoms with E-state index in [4.69, 9.17) is 0 Å². The summed E-state index contributed by atoms with van der Waals surface area (Å²) < 4.78 is 0. The third-order valence-corrected chi connectivity index (χ3v) is 3.05. The zero-order valence-corrected chi connectivity index (χ0v) is 12.4. The van der Waals surface area contributed by atoms with Crippen LogP contribution in [0.15, 0.2) is 40.4 Å². The van der Waals surface area contributed by atoms with E-state index >= 15 is 0 Å². The van der Waals surface area contributed by atoms with Gasteiger partial charge in [0.25, 0.3) is 0 Å². The molecule has 0 spiro atoms. The van der Waals surface area contributed by atoms with Crippen molar-refractivity contribution in [3.8, 4) is 0 Å². The number of hydrogen-bond acceptors (Lipinski definition) is 3. The van der Waals surface area contributed by atoms with Crippen molar-refractivity contribution in [2.45, 2.75) is 26.3 Å². The molecule has 0 bridgehead atoms. The number of halogens is 1. The first-order valence-corrected chi connectivity index (χ1v) is 6.64. The summed E-state index contributed by atoms with van der Waals surface area (Å²) in [5.74, 6) is 0.867. The lowest BCUT2D eigenvalue weighted by molar-refractivity contribution is 0.582. The number of hydrogen-bond donors (Lipinski definition) is 1. The Hall–Kier alpha value is -1.000. The van der Waals surface area contributed by atoms with Crippen LogP contribution in [0.25, 0.3) is 0 Å². The Bertz CT molecular complexity index is 449. The lowest BCUT2D eigenvalue weighted by Gasteiger charge is -2.19. The second-order valence-electron chi connectivity index (χ2n) is 4.91. The van der Waals surface area contributed by atoms with Crippen LogP contribution in [0.4, 0.5) is 0 Å². The van der Waals surface area contributed by atoms with Crippen molar-refractivity contribution in [2.75, 3.05) is 5.75 Å². The lowest BCUT2D eigenvalue weighted by Crippen LogP contribution is -2.28. The van der Waals surface area contributed by atoms with Crippen LogP contribution in [0.1, 0.15) is 26.3 Å². The van der Waals surface area contributed by atoms with Crippen LogP contribution in [-0.2, 0) is 0 Å². The number of hydrazone groups is 1. The zero-order chi connectivity index (χ0) is 12.3. The number of benzene rings is 1. The molecule has 0 aliphatic carbocycles. The van der Waals surface area contributed by atoms with Crippen molar-refractivity contribution in [1.29, 1.82) is 0 Å². The predicted octanol–water partition coefficient (Wildman–Crippen LogP) is 3.30. The average molecular weight is 284 g/mol. The Morgan fingerprint density at radius 3 is 2.39 bits per heavy atom. The lowest BCUT2D eigenvalue weighted by atomic mass is 10.1. The van der Waals surface area contributed by atoms with Crippen LogP contribution in [0.5, 0.6) is 0 Å². The standard InChI is InChI=1S/C13H17N3S.ClH/c1-13(2,3)14-12-16-15-11(9-17-12)10-7-5-4-6-8-10;/h4-8H,9H2,1-3H3,(H,14,16);1H. The molecule has 0 saturated heterocycles. The molecule has 0 unspecified atom stereocenters. The van der Waals surface area contributed by atoms with Crippen LogP contribution in [-0.4, -0.2) is 22.2 Å². The zero-order valence-electron chi connectivity index (χ0n) is 10.8. The van der Waals surface area contributed by atoms with Gasteiger partial charge in [-0.1, -0.05) is 42.1 Å². The van der Waals surface area contributed by atoms with Gasteiger partial charge in [-0.3, -0.25) is 10.4 Å². The molecule has 0 radical (unpaired) electrons.